The third-order valence-electron chi connectivity index (χ3n) is 2.42. The van der Waals surface area contributed by atoms with E-state index >= 15 is 0 Å². The molecule has 1 rings (SSSR count). The van der Waals surface area contributed by atoms with Crippen LogP contribution in [0.3, 0.4) is 0 Å². The van der Waals surface area contributed by atoms with Gasteiger partial charge in [0.15, 0.2) is 17.4 Å². The summed E-state index contributed by atoms with van der Waals surface area (Å²) in [5, 5.41) is 8.94. The molecule has 0 saturated heterocycles. The third kappa shape index (κ3) is 3.45. The van der Waals surface area contributed by atoms with Crippen molar-refractivity contribution < 1.29 is 13.9 Å². The van der Waals surface area contributed by atoms with Gasteiger partial charge in [-0.1, -0.05) is 13.3 Å². The molecule has 1 N–H and O–H groups in total. The summed E-state index contributed by atoms with van der Waals surface area (Å²) >= 11 is 0. The van der Waals surface area contributed by atoms with Gasteiger partial charge in [0.1, 0.15) is 0 Å². The van der Waals surface area contributed by atoms with Crippen molar-refractivity contribution in [2.24, 2.45) is 0 Å². The van der Waals surface area contributed by atoms with Crippen LogP contribution in [-0.4, -0.2) is 23.6 Å². The van der Waals surface area contributed by atoms with Crippen molar-refractivity contribution in [1.82, 2.24) is 4.90 Å². The van der Waals surface area contributed by atoms with Gasteiger partial charge in [-0.3, -0.25) is 0 Å². The van der Waals surface area contributed by atoms with Gasteiger partial charge < -0.3 is 10.0 Å². The molecule has 1 aromatic rings. The lowest BCUT2D eigenvalue weighted by Gasteiger charge is -2.16. The first-order chi connectivity index (χ1) is 7.54. The number of halogens is 2. The summed E-state index contributed by atoms with van der Waals surface area (Å²) in [4.78, 5) is 1.99. The Kier molecular flexibility index (Phi) is 4.68. The molecule has 2 nitrogen and oxygen atoms in total. The molecule has 0 atom stereocenters. The van der Waals surface area contributed by atoms with E-state index < -0.39 is 17.4 Å². The van der Waals surface area contributed by atoms with Crippen molar-refractivity contribution >= 4 is 0 Å². The van der Waals surface area contributed by atoms with Crippen LogP contribution in [0.15, 0.2) is 12.1 Å². The largest absolute Gasteiger partial charge is 0.503 e. The Morgan fingerprint density at radius 2 is 1.81 bits per heavy atom. The van der Waals surface area contributed by atoms with Gasteiger partial charge in [0.25, 0.3) is 0 Å². The summed E-state index contributed by atoms with van der Waals surface area (Å²) in [5.41, 5.74) is 0.534. The Bertz CT molecular complexity index is 332. The van der Waals surface area contributed by atoms with Crippen LogP contribution >= 0.6 is 0 Å². The van der Waals surface area contributed by atoms with E-state index in [1.54, 1.807) is 0 Å². The lowest BCUT2D eigenvalue weighted by atomic mass is 10.2. The minimum Gasteiger partial charge on any atom is -0.503 e. The van der Waals surface area contributed by atoms with E-state index in [1.165, 1.54) is 12.1 Å². The molecule has 0 heterocycles. The van der Waals surface area contributed by atoms with Crippen molar-refractivity contribution in [2.75, 3.05) is 13.6 Å². The monoisotopic (exact) mass is 229 g/mol. The van der Waals surface area contributed by atoms with Gasteiger partial charge in [-0.2, -0.15) is 0 Å². The number of aromatic hydroxyl groups is 1. The molecular formula is C12H17F2NO. The van der Waals surface area contributed by atoms with E-state index in [0.29, 0.717) is 12.1 Å². The van der Waals surface area contributed by atoms with Crippen LogP contribution in [0.5, 0.6) is 5.75 Å². The Morgan fingerprint density at radius 1 is 1.25 bits per heavy atom. The fourth-order valence-electron chi connectivity index (χ4n) is 1.53. The van der Waals surface area contributed by atoms with Gasteiger partial charge in [-0.15, -0.1) is 0 Å². The van der Waals surface area contributed by atoms with Crippen molar-refractivity contribution in [1.29, 1.82) is 0 Å². The molecule has 0 radical (unpaired) electrons. The van der Waals surface area contributed by atoms with Gasteiger partial charge in [0.05, 0.1) is 0 Å². The zero-order valence-corrected chi connectivity index (χ0v) is 9.63. The number of hydrogen-bond acceptors (Lipinski definition) is 2. The molecule has 0 amide bonds. The highest BCUT2D eigenvalue weighted by molar-refractivity contribution is 5.29. The van der Waals surface area contributed by atoms with E-state index in [1.807, 2.05) is 11.9 Å². The van der Waals surface area contributed by atoms with Crippen LogP contribution < -0.4 is 0 Å². The number of phenols is 1. The Balaban J connectivity index is 2.67. The van der Waals surface area contributed by atoms with E-state index in [-0.39, 0.29) is 0 Å². The second-order valence-electron chi connectivity index (χ2n) is 4.00. The summed E-state index contributed by atoms with van der Waals surface area (Å²) in [6.07, 6.45) is 2.14. The molecule has 90 valence electrons. The topological polar surface area (TPSA) is 23.5 Å². The first-order valence-electron chi connectivity index (χ1n) is 5.40. The molecule has 0 unspecified atom stereocenters. The second-order valence-corrected chi connectivity index (χ2v) is 4.00. The van der Waals surface area contributed by atoms with Gasteiger partial charge >= 0.3 is 0 Å². The predicted octanol–water partition coefficient (Wildman–Crippen LogP) is 2.90. The van der Waals surface area contributed by atoms with E-state index in [9.17, 15) is 8.78 Å². The van der Waals surface area contributed by atoms with Crippen LogP contribution in [0.2, 0.25) is 0 Å². The molecule has 0 saturated carbocycles. The smallest absolute Gasteiger partial charge is 0.187 e. The molecule has 0 aromatic heterocycles. The third-order valence-corrected chi connectivity index (χ3v) is 2.42. The molecule has 0 bridgehead atoms. The van der Waals surface area contributed by atoms with E-state index in [4.69, 9.17) is 5.11 Å². The fraction of sp³-hybridized carbons (Fsp3) is 0.500. The van der Waals surface area contributed by atoms with Gasteiger partial charge in [0, 0.05) is 6.54 Å². The zero-order valence-electron chi connectivity index (χ0n) is 9.63. The molecule has 0 aliphatic carbocycles. The summed E-state index contributed by atoms with van der Waals surface area (Å²) in [7, 11) is 1.90. The lowest BCUT2D eigenvalue weighted by molar-refractivity contribution is 0.318. The lowest BCUT2D eigenvalue weighted by Crippen LogP contribution is -2.19. The first-order valence-corrected chi connectivity index (χ1v) is 5.40. The van der Waals surface area contributed by atoms with Crippen molar-refractivity contribution in [3.05, 3.63) is 29.3 Å². The van der Waals surface area contributed by atoms with Crippen LogP contribution in [-0.2, 0) is 6.54 Å². The highest BCUT2D eigenvalue weighted by Gasteiger charge is 2.10. The van der Waals surface area contributed by atoms with Crippen LogP contribution in [0.4, 0.5) is 8.78 Å². The van der Waals surface area contributed by atoms with E-state index in [0.717, 1.165) is 19.4 Å². The van der Waals surface area contributed by atoms with Gasteiger partial charge in [0.2, 0.25) is 0 Å². The van der Waals surface area contributed by atoms with Crippen LogP contribution in [0.25, 0.3) is 0 Å². The Morgan fingerprint density at radius 3 is 2.31 bits per heavy atom. The number of hydrogen-bond donors (Lipinski definition) is 1. The number of unbranched alkanes of at least 4 members (excludes halogenated alkanes) is 1. The summed E-state index contributed by atoms with van der Waals surface area (Å²) in [5.74, 6) is -2.71. The quantitative estimate of drug-likeness (QED) is 0.839. The Hall–Kier alpha value is -1.16. The van der Waals surface area contributed by atoms with Crippen molar-refractivity contribution in [2.45, 2.75) is 26.3 Å². The van der Waals surface area contributed by atoms with E-state index in [2.05, 4.69) is 6.92 Å². The highest BCUT2D eigenvalue weighted by atomic mass is 19.1. The highest BCUT2D eigenvalue weighted by Crippen LogP contribution is 2.21. The minimum absolute atomic E-state index is 0.480. The maximum Gasteiger partial charge on any atom is 0.187 e. The fourth-order valence-corrected chi connectivity index (χ4v) is 1.53. The van der Waals surface area contributed by atoms with Crippen LogP contribution in [0, 0.1) is 11.6 Å². The summed E-state index contributed by atoms with van der Waals surface area (Å²) < 4.78 is 26.1. The second kappa shape index (κ2) is 5.80. The maximum atomic E-state index is 13.0. The molecule has 0 aliphatic rings. The standard InChI is InChI=1S/C12H17F2NO/c1-3-4-5-15(2)8-9-6-10(13)12(16)11(14)7-9/h6-7,16H,3-5,8H2,1-2H3. The molecular weight excluding hydrogens is 212 g/mol. The molecule has 16 heavy (non-hydrogen) atoms. The van der Waals surface area contributed by atoms with Crippen molar-refractivity contribution in [3.63, 3.8) is 0 Å². The molecule has 0 aliphatic heterocycles. The van der Waals surface area contributed by atoms with Gasteiger partial charge in [-0.25, -0.2) is 8.78 Å². The first kappa shape index (κ1) is 12.9. The normalized spacial score (nSPS) is 11.1. The average molecular weight is 229 g/mol. The molecule has 0 fully saturated rings. The Labute approximate surface area is 94.5 Å². The summed E-state index contributed by atoms with van der Waals surface area (Å²) in [6.45, 7) is 3.46. The number of benzene rings is 1. The van der Waals surface area contributed by atoms with Crippen molar-refractivity contribution in [3.8, 4) is 5.75 Å². The minimum atomic E-state index is -0.904. The van der Waals surface area contributed by atoms with Crippen LogP contribution in [0.1, 0.15) is 25.3 Å². The van der Waals surface area contributed by atoms with Gasteiger partial charge in [-0.05, 0) is 37.7 Å². The molecule has 4 heteroatoms. The number of rotatable bonds is 5. The maximum absolute atomic E-state index is 13.0. The molecule has 1 aromatic carbocycles. The zero-order chi connectivity index (χ0) is 12.1. The molecule has 0 spiro atoms. The number of nitrogens with zero attached hydrogens (tertiary/aromatic N) is 1. The predicted molar refractivity (Wildman–Crippen MR) is 59.3 cm³/mol. The average Bonchev–Trinajstić information content (AvgIpc) is 2.23. The summed E-state index contributed by atoms with van der Waals surface area (Å²) in [6, 6.07) is 2.34. The SMILES string of the molecule is CCCCN(C)Cc1cc(F)c(O)c(F)c1. The number of phenolic OH excluding ortho intramolecular Hbond substituents is 1.